The number of carbonyl (C=O) groups is 1. The Morgan fingerprint density at radius 1 is 1.07 bits per heavy atom. The second-order valence-corrected chi connectivity index (χ2v) is 6.66. The summed E-state index contributed by atoms with van der Waals surface area (Å²) in [5, 5.41) is 0. The highest BCUT2D eigenvalue weighted by molar-refractivity contribution is 5.90. The summed E-state index contributed by atoms with van der Waals surface area (Å²) in [7, 11) is 0. The van der Waals surface area contributed by atoms with E-state index in [1.807, 2.05) is 53.1 Å². The molecule has 0 aliphatic rings. The van der Waals surface area contributed by atoms with Crippen molar-refractivity contribution >= 4 is 5.91 Å². The van der Waals surface area contributed by atoms with Crippen molar-refractivity contribution in [3.8, 4) is 0 Å². The molecule has 1 aromatic heterocycles. The first-order chi connectivity index (χ1) is 13.1. The third-order valence-electron chi connectivity index (χ3n) is 4.71. The number of aromatic nitrogens is 2. The van der Waals surface area contributed by atoms with Crippen molar-refractivity contribution in [1.82, 2.24) is 9.55 Å². The molecule has 140 valence electrons. The van der Waals surface area contributed by atoms with Crippen molar-refractivity contribution in [3.05, 3.63) is 90.0 Å². The number of primary amides is 1. The summed E-state index contributed by atoms with van der Waals surface area (Å²) in [6.07, 6.45) is 5.10. The molecule has 5 heteroatoms. The molecule has 0 radical (unpaired) electrons. The molecule has 0 bridgehead atoms. The molecule has 0 spiro atoms. The van der Waals surface area contributed by atoms with Crippen LogP contribution in [0.5, 0.6) is 0 Å². The van der Waals surface area contributed by atoms with Gasteiger partial charge in [0.2, 0.25) is 0 Å². The van der Waals surface area contributed by atoms with E-state index in [1.54, 1.807) is 12.5 Å². The maximum Gasteiger partial charge on any atom is 0.268 e. The van der Waals surface area contributed by atoms with Gasteiger partial charge in [-0.2, -0.15) is 0 Å². The lowest BCUT2D eigenvalue weighted by Crippen LogP contribution is -2.24. The van der Waals surface area contributed by atoms with Gasteiger partial charge in [-0.15, -0.1) is 0 Å². The van der Waals surface area contributed by atoms with E-state index in [2.05, 4.69) is 24.0 Å². The van der Waals surface area contributed by atoms with Crippen LogP contribution < -0.4 is 5.73 Å². The fraction of sp³-hybridized carbons (Fsp3) is 0.273. The zero-order valence-corrected chi connectivity index (χ0v) is 15.5. The summed E-state index contributed by atoms with van der Waals surface area (Å²) in [5.41, 5.74) is 8.04. The Morgan fingerprint density at radius 3 is 2.30 bits per heavy atom. The number of aryl methyl sites for hydroxylation is 1. The van der Waals surface area contributed by atoms with E-state index >= 15 is 0 Å². The number of benzene rings is 2. The number of hydrogen-bond acceptors (Lipinski definition) is 3. The predicted octanol–water partition coefficient (Wildman–Crippen LogP) is 3.76. The molecule has 0 saturated heterocycles. The number of rotatable bonds is 9. The van der Waals surface area contributed by atoms with Crippen molar-refractivity contribution in [2.75, 3.05) is 0 Å². The molecule has 0 saturated carbocycles. The minimum atomic E-state index is -0.520. The number of carbonyl (C=O) groups excluding carboxylic acids is 1. The first-order valence-corrected chi connectivity index (χ1v) is 9.16. The van der Waals surface area contributed by atoms with Crippen LogP contribution in [0.15, 0.2) is 73.2 Å². The van der Waals surface area contributed by atoms with Crippen LogP contribution in [0.2, 0.25) is 0 Å². The van der Waals surface area contributed by atoms with Crippen molar-refractivity contribution in [1.29, 1.82) is 0 Å². The number of nitrogens with zero attached hydrogens (tertiary/aromatic N) is 2. The minimum Gasteiger partial charge on any atom is -0.372 e. The van der Waals surface area contributed by atoms with Crippen molar-refractivity contribution in [3.63, 3.8) is 0 Å². The van der Waals surface area contributed by atoms with E-state index in [1.165, 1.54) is 5.56 Å². The van der Waals surface area contributed by atoms with Crippen molar-refractivity contribution in [2.45, 2.75) is 38.5 Å². The topological polar surface area (TPSA) is 70.1 Å². The lowest BCUT2D eigenvalue weighted by Gasteiger charge is -2.26. The highest BCUT2D eigenvalue weighted by atomic mass is 16.5. The average molecular weight is 363 g/mol. The quantitative estimate of drug-likeness (QED) is 0.629. The molecule has 5 nitrogen and oxygen atoms in total. The van der Waals surface area contributed by atoms with Crippen LogP contribution in [-0.2, 0) is 17.8 Å². The molecule has 0 fully saturated rings. The molecular formula is C22H25N3O2. The fourth-order valence-corrected chi connectivity index (χ4v) is 3.14. The minimum absolute atomic E-state index is 0.0505. The number of amides is 1. The normalized spacial score (nSPS) is 13.2. The maximum atomic E-state index is 11.4. The molecule has 27 heavy (non-hydrogen) atoms. The average Bonchev–Trinajstić information content (AvgIpc) is 3.18. The van der Waals surface area contributed by atoms with Gasteiger partial charge >= 0.3 is 0 Å². The van der Waals surface area contributed by atoms with Crippen LogP contribution in [0.25, 0.3) is 0 Å². The third-order valence-corrected chi connectivity index (χ3v) is 4.71. The number of ether oxygens (including phenoxy) is 1. The lowest BCUT2D eigenvalue weighted by atomic mass is 10.0. The molecule has 3 aromatic rings. The monoisotopic (exact) mass is 363 g/mol. The Bertz CT molecular complexity index is 846. The van der Waals surface area contributed by atoms with Gasteiger partial charge in [0.15, 0.2) is 0 Å². The lowest BCUT2D eigenvalue weighted by molar-refractivity contribution is 0.0148. The van der Waals surface area contributed by atoms with Gasteiger partial charge in [0, 0.05) is 6.20 Å². The van der Waals surface area contributed by atoms with Gasteiger partial charge < -0.3 is 15.0 Å². The first kappa shape index (κ1) is 18.9. The molecule has 1 unspecified atom stereocenters. The smallest absolute Gasteiger partial charge is 0.268 e. The molecule has 0 aliphatic heterocycles. The van der Waals surface area contributed by atoms with Crippen LogP contribution in [0.1, 0.15) is 41.0 Å². The molecule has 2 N–H and O–H groups in total. The van der Waals surface area contributed by atoms with Crippen molar-refractivity contribution < 1.29 is 9.53 Å². The summed E-state index contributed by atoms with van der Waals surface area (Å²) in [6.45, 7) is 2.60. The number of imidazole rings is 1. The zero-order chi connectivity index (χ0) is 19.1. The summed E-state index contributed by atoms with van der Waals surface area (Å²) < 4.78 is 8.08. The van der Waals surface area contributed by atoms with E-state index in [9.17, 15) is 4.79 Å². The SMILES string of the molecule is C[C@H](OCc1ccccc1)C(CCc1ccccc1)n1cnc(C(N)=O)c1. The van der Waals surface area contributed by atoms with Crippen LogP contribution in [0, 0.1) is 0 Å². The predicted molar refractivity (Wildman–Crippen MR) is 105 cm³/mol. The van der Waals surface area contributed by atoms with Crippen LogP contribution in [-0.4, -0.2) is 21.6 Å². The summed E-state index contributed by atoms with van der Waals surface area (Å²) in [5.74, 6) is -0.520. The largest absolute Gasteiger partial charge is 0.372 e. The van der Waals surface area contributed by atoms with Gasteiger partial charge in [-0.3, -0.25) is 4.79 Å². The summed E-state index contributed by atoms with van der Waals surface area (Å²) in [6, 6.07) is 20.5. The molecule has 3 rings (SSSR count). The number of hydrogen-bond donors (Lipinski definition) is 1. The Morgan fingerprint density at radius 2 is 1.70 bits per heavy atom. The Kier molecular flexibility index (Phi) is 6.39. The molecule has 0 aliphatic carbocycles. The second kappa shape index (κ2) is 9.14. The highest BCUT2D eigenvalue weighted by Crippen LogP contribution is 2.23. The Labute approximate surface area is 159 Å². The van der Waals surface area contributed by atoms with Gasteiger partial charge in [-0.25, -0.2) is 4.98 Å². The van der Waals surface area contributed by atoms with Crippen LogP contribution in [0.3, 0.4) is 0 Å². The van der Waals surface area contributed by atoms with Gasteiger partial charge in [0.1, 0.15) is 5.69 Å². The summed E-state index contributed by atoms with van der Waals surface area (Å²) in [4.78, 5) is 15.5. The van der Waals surface area contributed by atoms with E-state index in [0.29, 0.717) is 6.61 Å². The highest BCUT2D eigenvalue weighted by Gasteiger charge is 2.21. The van der Waals surface area contributed by atoms with Crippen molar-refractivity contribution in [2.24, 2.45) is 5.73 Å². The number of nitrogens with two attached hydrogens (primary N) is 1. The van der Waals surface area contributed by atoms with Gasteiger partial charge in [-0.1, -0.05) is 60.7 Å². The van der Waals surface area contributed by atoms with Crippen LogP contribution in [0.4, 0.5) is 0 Å². The zero-order valence-electron chi connectivity index (χ0n) is 15.5. The second-order valence-electron chi connectivity index (χ2n) is 6.66. The Hall–Kier alpha value is -2.92. The first-order valence-electron chi connectivity index (χ1n) is 9.16. The standard InChI is InChI=1S/C22H25N3O2/c1-17(27-15-19-10-6-3-7-11-19)21(13-12-18-8-4-2-5-9-18)25-14-20(22(23)26)24-16-25/h2-11,14,16-17,21H,12-13,15H2,1H3,(H2,23,26)/t17-,21?/m0/s1. The van der Waals surface area contributed by atoms with E-state index in [-0.39, 0.29) is 17.8 Å². The van der Waals surface area contributed by atoms with E-state index < -0.39 is 5.91 Å². The molecule has 1 heterocycles. The van der Waals surface area contributed by atoms with E-state index in [4.69, 9.17) is 10.5 Å². The summed E-state index contributed by atoms with van der Waals surface area (Å²) >= 11 is 0. The van der Waals surface area contributed by atoms with Gasteiger partial charge in [-0.05, 0) is 30.9 Å². The molecule has 2 aromatic carbocycles. The molecule has 1 amide bonds. The van der Waals surface area contributed by atoms with Gasteiger partial charge in [0.25, 0.3) is 5.91 Å². The molecular weight excluding hydrogens is 338 g/mol. The molecule has 2 atom stereocenters. The maximum absolute atomic E-state index is 11.4. The Balaban J connectivity index is 1.72. The third kappa shape index (κ3) is 5.28. The fourth-order valence-electron chi connectivity index (χ4n) is 3.14. The van der Waals surface area contributed by atoms with E-state index in [0.717, 1.165) is 18.4 Å². The van der Waals surface area contributed by atoms with Crippen LogP contribution >= 0.6 is 0 Å². The van der Waals surface area contributed by atoms with Gasteiger partial charge in [0.05, 0.1) is 25.1 Å².